The molecule has 2 nitrogen and oxygen atoms in total. The molecule has 0 fully saturated rings. The van der Waals surface area contributed by atoms with Crippen molar-refractivity contribution in [1.29, 1.82) is 0 Å². The summed E-state index contributed by atoms with van der Waals surface area (Å²) in [7, 11) is 0. The van der Waals surface area contributed by atoms with E-state index in [1.54, 1.807) is 47.4 Å². The largest absolute Gasteiger partial charge is 0.288 e. The van der Waals surface area contributed by atoms with Gasteiger partial charge in [-0.1, -0.05) is 68.6 Å². The average molecular weight is 467 g/mol. The number of carbonyl (C=O) groups is 2. The highest BCUT2D eigenvalue weighted by Gasteiger charge is 2.33. The molecular formula is C24H18O2S4. The number of thiophene rings is 2. The van der Waals surface area contributed by atoms with Gasteiger partial charge in [-0.15, -0.1) is 22.7 Å². The first-order valence-corrected chi connectivity index (χ1v) is 12.8. The first-order valence-electron chi connectivity index (χ1n) is 9.51. The topological polar surface area (TPSA) is 34.1 Å². The molecule has 1 aliphatic heterocycles. The SMILES string of the molecule is CC(C)(C)C1=CS/C(=c2/cc/c(=c3/ccc(=C4C(=O)c5ccccc5C4=O)s3)s2)S1. The van der Waals surface area contributed by atoms with Gasteiger partial charge in [0.25, 0.3) is 0 Å². The summed E-state index contributed by atoms with van der Waals surface area (Å²) in [5.41, 5.74) is 1.50. The second-order valence-electron chi connectivity index (χ2n) is 8.15. The molecule has 0 amide bonds. The zero-order valence-electron chi connectivity index (χ0n) is 16.6. The van der Waals surface area contributed by atoms with Crippen LogP contribution in [0.25, 0.3) is 9.81 Å². The van der Waals surface area contributed by atoms with Crippen LogP contribution in [0.3, 0.4) is 0 Å². The van der Waals surface area contributed by atoms with E-state index in [0.29, 0.717) is 16.7 Å². The molecule has 3 aromatic rings. The van der Waals surface area contributed by atoms with Crippen LogP contribution in [0.2, 0.25) is 0 Å². The highest BCUT2D eigenvalue weighted by atomic mass is 32.2. The Labute approximate surface area is 190 Å². The molecule has 0 atom stereocenters. The van der Waals surface area contributed by atoms with Crippen LogP contribution >= 0.6 is 46.2 Å². The summed E-state index contributed by atoms with van der Waals surface area (Å²) >= 11 is 6.93. The van der Waals surface area contributed by atoms with Crippen molar-refractivity contribution in [2.75, 3.05) is 0 Å². The van der Waals surface area contributed by atoms with Crippen molar-refractivity contribution in [1.82, 2.24) is 0 Å². The summed E-state index contributed by atoms with van der Waals surface area (Å²) in [6, 6.07) is 15.3. The maximum Gasteiger partial charge on any atom is 0.199 e. The Morgan fingerprint density at radius 1 is 0.700 bits per heavy atom. The van der Waals surface area contributed by atoms with Crippen LogP contribution in [0.5, 0.6) is 0 Å². The molecule has 1 aromatic carbocycles. The van der Waals surface area contributed by atoms with Crippen molar-refractivity contribution >= 4 is 67.6 Å². The molecule has 0 radical (unpaired) electrons. The van der Waals surface area contributed by atoms with Gasteiger partial charge in [0.2, 0.25) is 0 Å². The van der Waals surface area contributed by atoms with Crippen LogP contribution in [0.4, 0.5) is 0 Å². The molecular weight excluding hydrogens is 449 g/mol. The monoisotopic (exact) mass is 466 g/mol. The van der Waals surface area contributed by atoms with Gasteiger partial charge < -0.3 is 0 Å². The predicted molar refractivity (Wildman–Crippen MR) is 130 cm³/mol. The zero-order chi connectivity index (χ0) is 21.0. The minimum Gasteiger partial charge on any atom is -0.288 e. The van der Waals surface area contributed by atoms with E-state index in [0.717, 1.165) is 13.6 Å². The van der Waals surface area contributed by atoms with E-state index in [-0.39, 0.29) is 17.0 Å². The quantitative estimate of drug-likeness (QED) is 0.422. The molecule has 0 spiro atoms. The van der Waals surface area contributed by atoms with Crippen molar-refractivity contribution in [3.63, 3.8) is 0 Å². The van der Waals surface area contributed by atoms with E-state index < -0.39 is 0 Å². The molecule has 0 saturated heterocycles. The lowest BCUT2D eigenvalue weighted by molar-refractivity contribution is 0.102. The van der Waals surface area contributed by atoms with Crippen molar-refractivity contribution < 1.29 is 9.59 Å². The second-order valence-corrected chi connectivity index (χ2v) is 12.5. The van der Waals surface area contributed by atoms with Crippen LogP contribution in [0.15, 0.2) is 58.8 Å². The lowest BCUT2D eigenvalue weighted by atomic mass is 9.97. The molecule has 2 aliphatic rings. The summed E-state index contributed by atoms with van der Waals surface area (Å²) in [6.07, 6.45) is 0. The Kier molecular flexibility index (Phi) is 4.93. The Bertz CT molecular complexity index is 1420. The summed E-state index contributed by atoms with van der Waals surface area (Å²) in [5, 5.41) is 2.26. The molecule has 0 bridgehead atoms. The maximum absolute atomic E-state index is 12.8. The highest BCUT2D eigenvalue weighted by Crippen LogP contribution is 2.51. The molecule has 1 aliphatic carbocycles. The number of benzene rings is 1. The molecule has 0 unspecified atom stereocenters. The molecule has 150 valence electrons. The van der Waals surface area contributed by atoms with Crippen molar-refractivity contribution in [3.05, 3.63) is 88.1 Å². The molecule has 30 heavy (non-hydrogen) atoms. The van der Waals surface area contributed by atoms with Gasteiger partial charge >= 0.3 is 0 Å². The summed E-state index contributed by atoms with van der Waals surface area (Å²) < 4.78 is 5.58. The molecule has 3 heterocycles. The highest BCUT2D eigenvalue weighted by molar-refractivity contribution is 8.35. The molecule has 5 rings (SSSR count). The Morgan fingerprint density at radius 2 is 1.23 bits per heavy atom. The number of fused-ring (bicyclic) bond motifs is 1. The van der Waals surface area contributed by atoms with Crippen molar-refractivity contribution in [2.45, 2.75) is 20.8 Å². The van der Waals surface area contributed by atoms with E-state index in [1.165, 1.54) is 25.0 Å². The lowest BCUT2D eigenvalue weighted by Crippen LogP contribution is -2.10. The van der Waals surface area contributed by atoms with Gasteiger partial charge in [0.15, 0.2) is 11.6 Å². The number of carbonyl (C=O) groups excluding carboxylic acids is 2. The lowest BCUT2D eigenvalue weighted by Gasteiger charge is -2.18. The fraction of sp³-hybridized carbons (Fsp3) is 0.167. The van der Waals surface area contributed by atoms with Crippen LogP contribution in [-0.4, -0.2) is 11.6 Å². The fourth-order valence-corrected chi connectivity index (χ4v) is 8.22. The smallest absolute Gasteiger partial charge is 0.199 e. The third-order valence-electron chi connectivity index (χ3n) is 4.99. The number of Topliss-reactive ketones (excluding diaryl/α,β-unsaturated/α-hetero) is 2. The standard InChI is InChI=1S/C24H18O2S4/c1-24(2,3)19-12-27-23(30-19)18-11-9-16(29-18)15-8-10-17(28-15)20-21(25)13-6-4-5-7-14(13)22(20)26/h4-12H,1-3H3/b16-15+,23-18+. The summed E-state index contributed by atoms with van der Waals surface area (Å²) in [5.74, 6) is -0.322. The number of rotatable bonds is 0. The van der Waals surface area contributed by atoms with E-state index in [4.69, 9.17) is 0 Å². The summed E-state index contributed by atoms with van der Waals surface area (Å²) in [4.78, 5) is 27.0. The first-order chi connectivity index (χ1) is 14.3. The molecule has 6 heteroatoms. The number of allylic oxidation sites excluding steroid dienone is 1. The molecule has 0 N–H and O–H groups in total. The van der Waals surface area contributed by atoms with E-state index in [1.807, 2.05) is 23.9 Å². The Morgan fingerprint density at radius 3 is 1.80 bits per heavy atom. The Hall–Kier alpha value is -1.86. The van der Waals surface area contributed by atoms with Gasteiger partial charge in [-0.25, -0.2) is 0 Å². The third-order valence-corrected chi connectivity index (χ3v) is 10.5. The van der Waals surface area contributed by atoms with Crippen molar-refractivity contribution in [3.8, 4) is 0 Å². The first kappa shape index (κ1) is 20.1. The number of hydrogen-bond donors (Lipinski definition) is 0. The Balaban J connectivity index is 1.60. The number of thioether (sulfide) groups is 2. The minimum absolute atomic E-state index is 0.161. The van der Waals surface area contributed by atoms with Gasteiger partial charge in [0.1, 0.15) is 0 Å². The van der Waals surface area contributed by atoms with Crippen LogP contribution < -0.4 is 9.06 Å². The summed E-state index contributed by atoms with van der Waals surface area (Å²) in [6.45, 7) is 6.72. The third kappa shape index (κ3) is 3.36. The predicted octanol–water partition coefficient (Wildman–Crippen LogP) is 5.76. The van der Waals surface area contributed by atoms with Gasteiger partial charge in [-0.05, 0) is 35.1 Å². The normalized spacial score (nSPS) is 19.4. The zero-order valence-corrected chi connectivity index (χ0v) is 19.9. The maximum atomic E-state index is 12.8. The van der Waals surface area contributed by atoms with Gasteiger partial charge in [-0.2, -0.15) is 0 Å². The van der Waals surface area contributed by atoms with Crippen LogP contribution in [-0.2, 0) is 0 Å². The van der Waals surface area contributed by atoms with E-state index in [9.17, 15) is 9.59 Å². The minimum atomic E-state index is -0.161. The number of ketones is 2. The van der Waals surface area contributed by atoms with Gasteiger partial charge in [-0.3, -0.25) is 9.59 Å². The fourth-order valence-electron chi connectivity index (χ4n) is 3.35. The average Bonchev–Trinajstić information content (AvgIpc) is 3.48. The second kappa shape index (κ2) is 7.38. The van der Waals surface area contributed by atoms with Gasteiger partial charge in [0, 0.05) is 34.2 Å². The van der Waals surface area contributed by atoms with Crippen LogP contribution in [0.1, 0.15) is 41.5 Å². The van der Waals surface area contributed by atoms with E-state index in [2.05, 4.69) is 38.3 Å². The van der Waals surface area contributed by atoms with E-state index >= 15 is 0 Å². The molecule has 0 saturated carbocycles. The van der Waals surface area contributed by atoms with Crippen LogP contribution in [0, 0.1) is 14.5 Å². The molecule has 2 aromatic heterocycles. The number of hydrogen-bond acceptors (Lipinski definition) is 6. The van der Waals surface area contributed by atoms with Gasteiger partial charge in [0.05, 0.1) is 9.81 Å². The van der Waals surface area contributed by atoms with Crippen molar-refractivity contribution in [2.24, 2.45) is 5.41 Å².